The molecule has 3 heteroatoms. The molecule has 11 rings (SSSR count). The lowest BCUT2D eigenvalue weighted by molar-refractivity contribution is 0.668. The molecule has 55 heavy (non-hydrogen) atoms. The molecule has 258 valence electrons. The summed E-state index contributed by atoms with van der Waals surface area (Å²) in [4.78, 5) is 2.35. The molecule has 0 N–H and O–H groups in total. The van der Waals surface area contributed by atoms with E-state index in [1.165, 1.54) is 21.9 Å². The summed E-state index contributed by atoms with van der Waals surface area (Å²) in [6.45, 7) is 0. The van der Waals surface area contributed by atoms with E-state index >= 15 is 0 Å². The third-order valence-electron chi connectivity index (χ3n) is 10.9. The number of anilines is 3. The standard InChI is InChI=1S/C52H33NO2/c1-2-11-36(12-3-1)43-31-32-47-45-17-7-9-20-49(45)55-52(47)51(43)53(40-28-23-37(24-29-40)42-18-10-14-35-13-4-5-15-41(35)42)39-26-21-34(22-27-39)38-25-30-46-44-16-6-8-19-48(44)54-50(46)33-38/h1-33H. The lowest BCUT2D eigenvalue weighted by atomic mass is 9.97. The molecule has 11 aromatic rings. The monoisotopic (exact) mass is 703 g/mol. The van der Waals surface area contributed by atoms with Gasteiger partial charge >= 0.3 is 0 Å². The van der Waals surface area contributed by atoms with Gasteiger partial charge in [0, 0.05) is 38.5 Å². The van der Waals surface area contributed by atoms with E-state index in [0.29, 0.717) is 0 Å². The minimum atomic E-state index is 0.847. The van der Waals surface area contributed by atoms with Gasteiger partial charge in [-0.25, -0.2) is 0 Å². The summed E-state index contributed by atoms with van der Waals surface area (Å²) in [5.41, 5.74) is 13.4. The van der Waals surface area contributed by atoms with Crippen molar-refractivity contribution in [2.45, 2.75) is 0 Å². The van der Waals surface area contributed by atoms with Gasteiger partial charge in [0.2, 0.25) is 0 Å². The molecule has 0 amide bonds. The second-order valence-electron chi connectivity index (χ2n) is 14.1. The van der Waals surface area contributed by atoms with Gasteiger partial charge in [-0.1, -0.05) is 146 Å². The van der Waals surface area contributed by atoms with Crippen LogP contribution in [0.25, 0.3) is 88.0 Å². The van der Waals surface area contributed by atoms with Crippen molar-refractivity contribution in [1.82, 2.24) is 0 Å². The van der Waals surface area contributed by atoms with Gasteiger partial charge in [-0.15, -0.1) is 0 Å². The molecule has 0 aliphatic rings. The number of hydrogen-bond donors (Lipinski definition) is 0. The van der Waals surface area contributed by atoms with Gasteiger partial charge in [0.15, 0.2) is 5.58 Å². The zero-order chi connectivity index (χ0) is 36.3. The summed E-state index contributed by atoms with van der Waals surface area (Å²) in [7, 11) is 0. The summed E-state index contributed by atoms with van der Waals surface area (Å²) >= 11 is 0. The number of fused-ring (bicyclic) bond motifs is 7. The normalized spacial score (nSPS) is 11.6. The summed E-state index contributed by atoms with van der Waals surface area (Å²) in [6, 6.07) is 71.0. The number of hydrogen-bond acceptors (Lipinski definition) is 3. The van der Waals surface area contributed by atoms with Gasteiger partial charge in [0.1, 0.15) is 16.7 Å². The molecule has 2 heterocycles. The fourth-order valence-corrected chi connectivity index (χ4v) is 8.23. The maximum Gasteiger partial charge on any atom is 0.160 e. The van der Waals surface area contributed by atoms with Crippen LogP contribution < -0.4 is 4.90 Å². The minimum absolute atomic E-state index is 0.847. The van der Waals surface area contributed by atoms with Crippen molar-refractivity contribution in [2.24, 2.45) is 0 Å². The number of furan rings is 2. The molecular formula is C52H33NO2. The highest BCUT2D eigenvalue weighted by atomic mass is 16.3. The molecule has 0 aliphatic heterocycles. The lowest BCUT2D eigenvalue weighted by Crippen LogP contribution is -2.11. The molecule has 0 radical (unpaired) electrons. The highest BCUT2D eigenvalue weighted by Gasteiger charge is 2.24. The van der Waals surface area contributed by atoms with E-state index in [1.54, 1.807) is 0 Å². The molecule has 0 aliphatic carbocycles. The van der Waals surface area contributed by atoms with Crippen molar-refractivity contribution in [3.8, 4) is 33.4 Å². The van der Waals surface area contributed by atoms with E-state index in [0.717, 1.165) is 83.2 Å². The molecule has 0 atom stereocenters. The van der Waals surface area contributed by atoms with Crippen LogP contribution in [-0.2, 0) is 0 Å². The van der Waals surface area contributed by atoms with Crippen molar-refractivity contribution in [3.05, 3.63) is 200 Å². The van der Waals surface area contributed by atoms with E-state index in [1.807, 2.05) is 18.2 Å². The average molecular weight is 704 g/mol. The van der Waals surface area contributed by atoms with Crippen LogP contribution in [0.1, 0.15) is 0 Å². The number of para-hydroxylation sites is 2. The van der Waals surface area contributed by atoms with Gasteiger partial charge in [-0.3, -0.25) is 0 Å². The van der Waals surface area contributed by atoms with Crippen molar-refractivity contribution >= 4 is 71.7 Å². The summed E-state index contributed by atoms with van der Waals surface area (Å²) in [6.07, 6.45) is 0. The first-order valence-corrected chi connectivity index (χ1v) is 18.7. The van der Waals surface area contributed by atoms with Crippen molar-refractivity contribution in [1.29, 1.82) is 0 Å². The summed E-state index contributed by atoms with van der Waals surface area (Å²) in [5, 5.41) is 6.91. The van der Waals surface area contributed by atoms with Crippen LogP contribution in [-0.4, -0.2) is 0 Å². The van der Waals surface area contributed by atoms with Crippen LogP contribution in [0.3, 0.4) is 0 Å². The Morgan fingerprint density at radius 2 is 0.855 bits per heavy atom. The molecule has 0 fully saturated rings. The highest BCUT2D eigenvalue weighted by molar-refractivity contribution is 6.14. The number of benzene rings is 9. The third kappa shape index (κ3) is 5.20. The Morgan fingerprint density at radius 1 is 0.309 bits per heavy atom. The number of nitrogens with zero attached hydrogens (tertiary/aromatic N) is 1. The molecule has 0 bridgehead atoms. The van der Waals surface area contributed by atoms with E-state index in [2.05, 4.69) is 187 Å². The Bertz CT molecular complexity index is 3180. The van der Waals surface area contributed by atoms with Crippen LogP contribution >= 0.6 is 0 Å². The van der Waals surface area contributed by atoms with E-state index in [-0.39, 0.29) is 0 Å². The van der Waals surface area contributed by atoms with Crippen molar-refractivity contribution in [2.75, 3.05) is 4.90 Å². The second-order valence-corrected chi connectivity index (χ2v) is 14.1. The van der Waals surface area contributed by atoms with Gasteiger partial charge in [0.25, 0.3) is 0 Å². The van der Waals surface area contributed by atoms with E-state index in [4.69, 9.17) is 8.83 Å². The smallest absolute Gasteiger partial charge is 0.160 e. The highest BCUT2D eigenvalue weighted by Crippen LogP contribution is 2.48. The zero-order valence-corrected chi connectivity index (χ0v) is 29.8. The molecule has 0 saturated carbocycles. The fraction of sp³-hybridized carbons (Fsp3) is 0. The van der Waals surface area contributed by atoms with E-state index < -0.39 is 0 Å². The van der Waals surface area contributed by atoms with Gasteiger partial charge < -0.3 is 13.7 Å². The second kappa shape index (κ2) is 12.6. The third-order valence-corrected chi connectivity index (χ3v) is 10.9. The molecule has 2 aromatic heterocycles. The first-order valence-electron chi connectivity index (χ1n) is 18.7. The number of rotatable bonds is 6. The summed E-state index contributed by atoms with van der Waals surface area (Å²) in [5.74, 6) is 0. The van der Waals surface area contributed by atoms with Crippen molar-refractivity contribution < 1.29 is 8.83 Å². The molecular weight excluding hydrogens is 671 g/mol. The Labute approximate surface area is 317 Å². The molecule has 0 spiro atoms. The van der Waals surface area contributed by atoms with Crippen LogP contribution in [0.15, 0.2) is 209 Å². The van der Waals surface area contributed by atoms with Gasteiger partial charge in [-0.05, 0) is 93.2 Å². The summed E-state index contributed by atoms with van der Waals surface area (Å²) < 4.78 is 13.1. The predicted molar refractivity (Wildman–Crippen MR) is 229 cm³/mol. The molecule has 3 nitrogen and oxygen atoms in total. The van der Waals surface area contributed by atoms with Crippen LogP contribution in [0, 0.1) is 0 Å². The largest absolute Gasteiger partial charge is 0.456 e. The van der Waals surface area contributed by atoms with Crippen LogP contribution in [0.4, 0.5) is 17.1 Å². The maximum atomic E-state index is 6.82. The first-order chi connectivity index (χ1) is 27.3. The Hall–Kier alpha value is -7.36. The van der Waals surface area contributed by atoms with Gasteiger partial charge in [-0.2, -0.15) is 0 Å². The quantitative estimate of drug-likeness (QED) is 0.173. The average Bonchev–Trinajstić information content (AvgIpc) is 3.83. The molecule has 9 aromatic carbocycles. The molecule has 0 unspecified atom stereocenters. The Kier molecular flexibility index (Phi) is 7.17. The zero-order valence-electron chi connectivity index (χ0n) is 29.8. The topological polar surface area (TPSA) is 29.5 Å². The fourth-order valence-electron chi connectivity index (χ4n) is 8.23. The lowest BCUT2D eigenvalue weighted by Gasteiger charge is -2.28. The van der Waals surface area contributed by atoms with Crippen LogP contribution in [0.2, 0.25) is 0 Å². The van der Waals surface area contributed by atoms with Crippen molar-refractivity contribution in [3.63, 3.8) is 0 Å². The first kappa shape index (κ1) is 31.2. The van der Waals surface area contributed by atoms with E-state index in [9.17, 15) is 0 Å². The maximum absolute atomic E-state index is 6.82. The minimum Gasteiger partial charge on any atom is -0.456 e. The predicted octanol–water partition coefficient (Wildman–Crippen LogP) is 15.1. The van der Waals surface area contributed by atoms with Gasteiger partial charge in [0.05, 0.1) is 5.69 Å². The Balaban J connectivity index is 1.10. The van der Waals surface area contributed by atoms with Crippen LogP contribution in [0.5, 0.6) is 0 Å². The molecule has 0 saturated heterocycles. The Morgan fingerprint density at radius 3 is 1.62 bits per heavy atom. The SMILES string of the molecule is c1ccc(-c2ccc3c(oc4ccccc43)c2N(c2ccc(-c3ccc4c(c3)oc3ccccc34)cc2)c2ccc(-c3cccc4ccccc34)cc2)cc1.